The van der Waals surface area contributed by atoms with Crippen molar-refractivity contribution in [2.75, 3.05) is 23.7 Å². The normalized spacial score (nSPS) is 12.2. The quantitative estimate of drug-likeness (QED) is 0.547. The molecule has 0 fully saturated rings. The molecule has 33 heavy (non-hydrogen) atoms. The predicted octanol–water partition coefficient (Wildman–Crippen LogP) is 3.67. The Labute approximate surface area is 201 Å². The second-order valence-corrected chi connectivity index (χ2v) is 10.3. The first kappa shape index (κ1) is 26.7. The van der Waals surface area contributed by atoms with Gasteiger partial charge in [-0.15, -0.1) is 0 Å². The zero-order chi connectivity index (χ0) is 24.8. The number of hydrogen-bond acceptors (Lipinski definition) is 4. The van der Waals surface area contributed by atoms with Crippen molar-refractivity contribution in [1.29, 1.82) is 0 Å². The molecule has 2 amide bonds. The molecule has 1 N–H and O–H groups in total. The van der Waals surface area contributed by atoms with Crippen LogP contribution in [0.1, 0.15) is 37.0 Å². The number of nitrogens with zero attached hydrogens (tertiary/aromatic N) is 2. The molecule has 1 atom stereocenters. The Balaban J connectivity index is 2.48. The van der Waals surface area contributed by atoms with Crippen LogP contribution < -0.4 is 9.62 Å². The summed E-state index contributed by atoms with van der Waals surface area (Å²) in [5.74, 6) is -0.781. The van der Waals surface area contributed by atoms with E-state index in [1.165, 1.54) is 4.90 Å². The molecular formula is C24H32ClN3O4S. The van der Waals surface area contributed by atoms with E-state index in [1.54, 1.807) is 50.2 Å². The number of sulfonamides is 1. The fourth-order valence-electron chi connectivity index (χ4n) is 3.70. The van der Waals surface area contributed by atoms with Crippen LogP contribution in [0.25, 0.3) is 0 Å². The van der Waals surface area contributed by atoms with Gasteiger partial charge in [0.15, 0.2) is 0 Å². The van der Waals surface area contributed by atoms with Gasteiger partial charge in [0.05, 0.1) is 11.9 Å². The van der Waals surface area contributed by atoms with Crippen LogP contribution >= 0.6 is 11.6 Å². The molecule has 0 bridgehead atoms. The zero-order valence-electron chi connectivity index (χ0n) is 19.8. The Hall–Kier alpha value is -2.58. The summed E-state index contributed by atoms with van der Waals surface area (Å²) >= 11 is 6.33. The maximum Gasteiger partial charge on any atom is 0.244 e. The maximum absolute atomic E-state index is 13.6. The SMILES string of the molecule is CCNC(=O)[C@H](CC)N(Cc1ccccc1Cl)C(=O)CN(c1ccc(C)cc1C)S(C)(=O)=O. The molecule has 0 heterocycles. The van der Waals surface area contributed by atoms with Crippen LogP contribution in [0, 0.1) is 13.8 Å². The van der Waals surface area contributed by atoms with Crippen LogP contribution in [-0.2, 0) is 26.2 Å². The van der Waals surface area contributed by atoms with E-state index < -0.39 is 28.5 Å². The summed E-state index contributed by atoms with van der Waals surface area (Å²) < 4.78 is 26.4. The molecule has 0 saturated carbocycles. The van der Waals surface area contributed by atoms with Gasteiger partial charge in [-0.25, -0.2) is 8.42 Å². The van der Waals surface area contributed by atoms with Gasteiger partial charge in [0.1, 0.15) is 12.6 Å². The summed E-state index contributed by atoms with van der Waals surface area (Å²) in [6.07, 6.45) is 1.43. The minimum atomic E-state index is -3.77. The molecular weight excluding hydrogens is 462 g/mol. The highest BCUT2D eigenvalue weighted by molar-refractivity contribution is 7.92. The predicted molar refractivity (Wildman–Crippen MR) is 133 cm³/mol. The highest BCUT2D eigenvalue weighted by atomic mass is 35.5. The van der Waals surface area contributed by atoms with Crippen molar-refractivity contribution in [3.8, 4) is 0 Å². The lowest BCUT2D eigenvalue weighted by atomic mass is 10.1. The van der Waals surface area contributed by atoms with E-state index in [0.29, 0.717) is 29.2 Å². The van der Waals surface area contributed by atoms with Gasteiger partial charge in [0.2, 0.25) is 21.8 Å². The first-order valence-electron chi connectivity index (χ1n) is 10.8. The Bertz CT molecular complexity index is 1100. The third-order valence-corrected chi connectivity index (χ3v) is 6.83. The van der Waals surface area contributed by atoms with Crippen molar-refractivity contribution in [2.24, 2.45) is 0 Å². The number of hydrogen-bond donors (Lipinski definition) is 1. The Morgan fingerprint density at radius 1 is 1.09 bits per heavy atom. The minimum absolute atomic E-state index is 0.0820. The van der Waals surface area contributed by atoms with E-state index in [1.807, 2.05) is 19.9 Å². The first-order chi connectivity index (χ1) is 15.5. The first-order valence-corrected chi connectivity index (χ1v) is 13.1. The summed E-state index contributed by atoms with van der Waals surface area (Å²) in [6.45, 7) is 7.40. The minimum Gasteiger partial charge on any atom is -0.355 e. The van der Waals surface area contributed by atoms with Crippen LogP contribution in [0.5, 0.6) is 0 Å². The number of likely N-dealkylation sites (N-methyl/N-ethyl adjacent to an activating group) is 1. The number of halogens is 1. The number of nitrogens with one attached hydrogen (secondary N) is 1. The van der Waals surface area contributed by atoms with E-state index in [2.05, 4.69) is 5.32 Å². The molecule has 0 saturated heterocycles. The lowest BCUT2D eigenvalue weighted by Gasteiger charge is -2.33. The number of aryl methyl sites for hydroxylation is 2. The lowest BCUT2D eigenvalue weighted by Crippen LogP contribution is -2.52. The average molecular weight is 494 g/mol. The summed E-state index contributed by atoms with van der Waals surface area (Å²) in [4.78, 5) is 27.8. The molecule has 2 aromatic carbocycles. The van der Waals surface area contributed by atoms with Gasteiger partial charge in [-0.3, -0.25) is 13.9 Å². The van der Waals surface area contributed by atoms with Crippen molar-refractivity contribution in [3.05, 3.63) is 64.2 Å². The van der Waals surface area contributed by atoms with Crippen molar-refractivity contribution in [2.45, 2.75) is 46.7 Å². The molecule has 7 nitrogen and oxygen atoms in total. The third kappa shape index (κ3) is 6.95. The summed E-state index contributed by atoms with van der Waals surface area (Å²) in [5.41, 5.74) is 2.83. The number of anilines is 1. The van der Waals surface area contributed by atoms with E-state index >= 15 is 0 Å². The largest absolute Gasteiger partial charge is 0.355 e. The second-order valence-electron chi connectivity index (χ2n) is 7.99. The molecule has 2 aromatic rings. The van der Waals surface area contributed by atoms with Gasteiger partial charge in [0.25, 0.3) is 0 Å². The standard InChI is InChI=1S/C24H32ClN3O4S/c1-6-21(24(30)26-7-2)27(15-19-10-8-9-11-20(19)25)23(29)16-28(33(5,31)32)22-13-12-17(3)14-18(22)4/h8-14,21H,6-7,15-16H2,1-5H3,(H,26,30)/t21-/m0/s1. The zero-order valence-corrected chi connectivity index (χ0v) is 21.3. The molecule has 0 radical (unpaired) electrons. The molecule has 0 aliphatic carbocycles. The summed E-state index contributed by atoms with van der Waals surface area (Å²) in [7, 11) is -3.77. The number of carbonyl (C=O) groups excluding carboxylic acids is 2. The van der Waals surface area contributed by atoms with Crippen molar-refractivity contribution < 1.29 is 18.0 Å². The third-order valence-electron chi connectivity index (χ3n) is 5.34. The molecule has 0 aliphatic heterocycles. The van der Waals surface area contributed by atoms with Gasteiger partial charge in [-0.1, -0.05) is 54.4 Å². The second kappa shape index (κ2) is 11.5. The average Bonchev–Trinajstić information content (AvgIpc) is 2.73. The highest BCUT2D eigenvalue weighted by Gasteiger charge is 2.32. The van der Waals surface area contributed by atoms with Crippen molar-refractivity contribution >= 4 is 39.1 Å². The Morgan fingerprint density at radius 2 is 1.76 bits per heavy atom. The van der Waals surface area contributed by atoms with Gasteiger partial charge in [0, 0.05) is 18.1 Å². The van der Waals surface area contributed by atoms with E-state index in [9.17, 15) is 18.0 Å². The van der Waals surface area contributed by atoms with Crippen molar-refractivity contribution in [3.63, 3.8) is 0 Å². The fourth-order valence-corrected chi connectivity index (χ4v) is 4.80. The molecule has 0 spiro atoms. The van der Waals surface area contributed by atoms with E-state index in [0.717, 1.165) is 21.7 Å². The summed E-state index contributed by atoms with van der Waals surface area (Å²) in [6, 6.07) is 11.7. The van der Waals surface area contributed by atoms with Gasteiger partial charge < -0.3 is 10.2 Å². The van der Waals surface area contributed by atoms with Gasteiger partial charge >= 0.3 is 0 Å². The van der Waals surface area contributed by atoms with Crippen LogP contribution in [-0.4, -0.2) is 50.5 Å². The Morgan fingerprint density at radius 3 is 2.30 bits per heavy atom. The lowest BCUT2D eigenvalue weighted by molar-refractivity contribution is -0.140. The van der Waals surface area contributed by atoms with Crippen LogP contribution in [0.3, 0.4) is 0 Å². The van der Waals surface area contributed by atoms with Gasteiger partial charge in [-0.2, -0.15) is 0 Å². The molecule has 9 heteroatoms. The molecule has 2 rings (SSSR count). The fraction of sp³-hybridized carbons (Fsp3) is 0.417. The highest BCUT2D eigenvalue weighted by Crippen LogP contribution is 2.25. The smallest absolute Gasteiger partial charge is 0.244 e. The Kier molecular flexibility index (Phi) is 9.31. The topological polar surface area (TPSA) is 86.8 Å². The number of carbonyl (C=O) groups is 2. The monoisotopic (exact) mass is 493 g/mol. The maximum atomic E-state index is 13.6. The van der Waals surface area contributed by atoms with Crippen LogP contribution in [0.15, 0.2) is 42.5 Å². The molecule has 0 aromatic heterocycles. The van der Waals surface area contributed by atoms with E-state index in [-0.39, 0.29) is 12.5 Å². The summed E-state index contributed by atoms with van der Waals surface area (Å²) in [5, 5.41) is 3.23. The van der Waals surface area contributed by atoms with Crippen LogP contribution in [0.4, 0.5) is 5.69 Å². The molecule has 180 valence electrons. The van der Waals surface area contributed by atoms with Crippen LogP contribution in [0.2, 0.25) is 5.02 Å². The van der Waals surface area contributed by atoms with E-state index in [4.69, 9.17) is 11.6 Å². The number of benzene rings is 2. The number of amides is 2. The van der Waals surface area contributed by atoms with Crippen molar-refractivity contribution in [1.82, 2.24) is 10.2 Å². The van der Waals surface area contributed by atoms with Gasteiger partial charge in [-0.05, 0) is 50.5 Å². The molecule has 0 unspecified atom stereocenters. The number of rotatable bonds is 10. The molecule has 0 aliphatic rings.